The monoisotopic (exact) mass is 268 g/mol. The van der Waals surface area contributed by atoms with Crippen LogP contribution in [0.25, 0.3) is 0 Å². The first kappa shape index (κ1) is 11.9. The fourth-order valence-corrected chi connectivity index (χ4v) is 1.40. The molecule has 0 saturated carbocycles. The van der Waals surface area contributed by atoms with Gasteiger partial charge in [0, 0.05) is 6.42 Å². The van der Waals surface area contributed by atoms with Crippen LogP contribution in [0.1, 0.15) is 5.56 Å². The highest BCUT2D eigenvalue weighted by Gasteiger charge is 2.02. The van der Waals surface area contributed by atoms with Gasteiger partial charge in [-0.3, -0.25) is 0 Å². The van der Waals surface area contributed by atoms with Crippen LogP contribution in [0, 0.1) is 11.8 Å². The summed E-state index contributed by atoms with van der Waals surface area (Å²) in [6.07, 6.45) is 0.728. The number of alkyl halides is 1. The zero-order valence-electron chi connectivity index (χ0n) is 8.84. The Hall–Kier alpha value is -1.14. The molecule has 0 unspecified atom stereocenters. The summed E-state index contributed by atoms with van der Waals surface area (Å²) in [5.41, 5.74) is 1.13. The molecule has 0 radical (unpaired) electrons. The Morgan fingerprint density at radius 3 is 2.47 bits per heavy atom. The van der Waals surface area contributed by atoms with Crippen LogP contribution in [-0.4, -0.2) is 19.5 Å². The third-order valence-electron chi connectivity index (χ3n) is 1.93. The molecule has 1 rings (SSSR count). The normalized spacial score (nSPS) is 9.00. The zero-order chi connectivity index (χ0) is 11.1. The second kappa shape index (κ2) is 6.36. The first-order chi connectivity index (χ1) is 7.31. The molecule has 0 bridgehead atoms. The van der Waals surface area contributed by atoms with Gasteiger partial charge in [0.2, 0.25) is 0 Å². The number of ether oxygens (including phenoxy) is 2. The van der Waals surface area contributed by atoms with Gasteiger partial charge in [0.1, 0.15) is 0 Å². The largest absolute Gasteiger partial charge is 0.493 e. The molecule has 0 heterocycles. The van der Waals surface area contributed by atoms with E-state index in [-0.39, 0.29) is 0 Å². The quantitative estimate of drug-likeness (QED) is 0.620. The maximum Gasteiger partial charge on any atom is 0.161 e. The highest BCUT2D eigenvalue weighted by molar-refractivity contribution is 9.09. The lowest BCUT2D eigenvalue weighted by atomic mass is 10.1. The van der Waals surface area contributed by atoms with E-state index in [4.69, 9.17) is 9.47 Å². The first-order valence-electron chi connectivity index (χ1n) is 4.54. The van der Waals surface area contributed by atoms with Crippen LogP contribution in [0.15, 0.2) is 18.2 Å². The minimum absolute atomic E-state index is 0.709. The van der Waals surface area contributed by atoms with Crippen molar-refractivity contribution >= 4 is 15.9 Å². The van der Waals surface area contributed by atoms with E-state index in [0.29, 0.717) is 5.33 Å². The van der Waals surface area contributed by atoms with Gasteiger partial charge >= 0.3 is 0 Å². The Morgan fingerprint density at radius 2 is 1.87 bits per heavy atom. The number of hydrogen-bond donors (Lipinski definition) is 0. The topological polar surface area (TPSA) is 18.5 Å². The summed E-state index contributed by atoms with van der Waals surface area (Å²) in [7, 11) is 3.26. The summed E-state index contributed by atoms with van der Waals surface area (Å²) in [6.45, 7) is 0. The molecule has 0 amide bonds. The van der Waals surface area contributed by atoms with Crippen molar-refractivity contribution in [3.05, 3.63) is 23.8 Å². The Balaban J connectivity index is 2.83. The Bertz CT molecular complexity index is 377. The van der Waals surface area contributed by atoms with Crippen molar-refractivity contribution < 1.29 is 9.47 Å². The molecule has 1 aromatic carbocycles. The highest BCUT2D eigenvalue weighted by atomic mass is 79.9. The summed E-state index contributed by atoms with van der Waals surface area (Å²) >= 11 is 3.26. The van der Waals surface area contributed by atoms with Crippen molar-refractivity contribution in [3.8, 4) is 23.3 Å². The zero-order valence-corrected chi connectivity index (χ0v) is 10.4. The molecule has 0 aliphatic carbocycles. The smallest absolute Gasteiger partial charge is 0.161 e. The van der Waals surface area contributed by atoms with Gasteiger partial charge in [-0.2, -0.15) is 0 Å². The Morgan fingerprint density at radius 1 is 1.13 bits per heavy atom. The molecule has 0 aliphatic rings. The van der Waals surface area contributed by atoms with E-state index in [1.165, 1.54) is 0 Å². The van der Waals surface area contributed by atoms with Crippen LogP contribution in [0.4, 0.5) is 0 Å². The fraction of sp³-hybridized carbons (Fsp3) is 0.333. The number of hydrogen-bond acceptors (Lipinski definition) is 2. The Labute approximate surface area is 98.7 Å². The van der Waals surface area contributed by atoms with Crippen molar-refractivity contribution in [2.75, 3.05) is 19.5 Å². The van der Waals surface area contributed by atoms with Crippen LogP contribution in [0.5, 0.6) is 11.5 Å². The summed E-state index contributed by atoms with van der Waals surface area (Å²) in [6, 6.07) is 5.83. The average Bonchev–Trinajstić information content (AvgIpc) is 2.29. The van der Waals surface area contributed by atoms with E-state index < -0.39 is 0 Å². The predicted molar refractivity (Wildman–Crippen MR) is 64.8 cm³/mol. The molecule has 0 fully saturated rings. The highest BCUT2D eigenvalue weighted by Crippen LogP contribution is 2.27. The van der Waals surface area contributed by atoms with Gasteiger partial charge in [0.15, 0.2) is 11.5 Å². The summed E-state index contributed by atoms with van der Waals surface area (Å²) in [5.74, 6) is 7.50. The molecule has 0 aromatic heterocycles. The molecule has 80 valence electrons. The molecule has 2 nitrogen and oxygen atoms in total. The van der Waals surface area contributed by atoms with Crippen LogP contribution in [0.2, 0.25) is 0 Å². The minimum atomic E-state index is 0.709. The van der Waals surface area contributed by atoms with Crippen molar-refractivity contribution in [3.63, 3.8) is 0 Å². The van der Waals surface area contributed by atoms with E-state index in [9.17, 15) is 0 Å². The second-order valence-electron chi connectivity index (χ2n) is 2.85. The lowest BCUT2D eigenvalue weighted by molar-refractivity contribution is 0.354. The van der Waals surface area contributed by atoms with Crippen molar-refractivity contribution in [2.45, 2.75) is 6.42 Å². The van der Waals surface area contributed by atoms with Gasteiger partial charge in [0.25, 0.3) is 0 Å². The molecule has 0 spiro atoms. The number of halogens is 1. The number of rotatable bonds is 3. The standard InChI is InChI=1S/C12H13BrO2/c1-14-11-7-6-10(5-3-4-8-13)9-12(11)15-2/h6-7,9H,5,8H2,1-2H3. The molecule has 0 aliphatic heterocycles. The fourth-order valence-electron chi connectivity index (χ4n) is 1.20. The van der Waals surface area contributed by atoms with Gasteiger partial charge in [-0.05, 0) is 17.7 Å². The van der Waals surface area contributed by atoms with E-state index in [2.05, 4.69) is 27.8 Å². The summed E-state index contributed by atoms with van der Waals surface area (Å²) < 4.78 is 10.3. The lowest BCUT2D eigenvalue weighted by Crippen LogP contribution is -1.92. The van der Waals surface area contributed by atoms with Crippen molar-refractivity contribution in [2.24, 2.45) is 0 Å². The molecule has 0 atom stereocenters. The second-order valence-corrected chi connectivity index (χ2v) is 3.41. The molecule has 0 N–H and O–H groups in total. The number of methoxy groups -OCH3 is 2. The van der Waals surface area contributed by atoms with E-state index >= 15 is 0 Å². The molecule has 1 aromatic rings. The summed E-state index contributed by atoms with van der Waals surface area (Å²) in [4.78, 5) is 0. The van der Waals surface area contributed by atoms with Gasteiger partial charge in [0.05, 0.1) is 19.5 Å². The first-order valence-corrected chi connectivity index (χ1v) is 5.66. The lowest BCUT2D eigenvalue weighted by Gasteiger charge is -2.07. The van der Waals surface area contributed by atoms with Crippen LogP contribution >= 0.6 is 15.9 Å². The predicted octanol–water partition coefficient (Wildman–Crippen LogP) is 2.64. The third-order valence-corrected chi connectivity index (χ3v) is 2.21. The van der Waals surface area contributed by atoms with Crippen LogP contribution in [-0.2, 0) is 6.42 Å². The van der Waals surface area contributed by atoms with E-state index in [1.807, 2.05) is 18.2 Å². The maximum atomic E-state index is 5.20. The molecular formula is C12H13BrO2. The van der Waals surface area contributed by atoms with Gasteiger partial charge < -0.3 is 9.47 Å². The SMILES string of the molecule is COc1ccc(CC#CCBr)cc1OC. The van der Waals surface area contributed by atoms with Crippen molar-refractivity contribution in [1.82, 2.24) is 0 Å². The van der Waals surface area contributed by atoms with E-state index in [1.54, 1.807) is 14.2 Å². The molecule has 15 heavy (non-hydrogen) atoms. The number of benzene rings is 1. The third kappa shape index (κ3) is 3.49. The summed E-state index contributed by atoms with van der Waals surface area (Å²) in [5, 5.41) is 0.709. The van der Waals surface area contributed by atoms with Gasteiger partial charge in [-0.1, -0.05) is 33.8 Å². The van der Waals surface area contributed by atoms with Gasteiger partial charge in [-0.15, -0.1) is 0 Å². The van der Waals surface area contributed by atoms with Crippen molar-refractivity contribution in [1.29, 1.82) is 0 Å². The maximum absolute atomic E-state index is 5.20. The average molecular weight is 269 g/mol. The molecular weight excluding hydrogens is 256 g/mol. The van der Waals surface area contributed by atoms with Gasteiger partial charge in [-0.25, -0.2) is 0 Å². The molecule has 3 heteroatoms. The Kier molecular flexibility index (Phi) is 5.06. The molecule has 0 saturated heterocycles. The minimum Gasteiger partial charge on any atom is -0.493 e. The van der Waals surface area contributed by atoms with Crippen LogP contribution in [0.3, 0.4) is 0 Å². The van der Waals surface area contributed by atoms with Crippen LogP contribution < -0.4 is 9.47 Å². The van der Waals surface area contributed by atoms with E-state index in [0.717, 1.165) is 23.5 Å².